The lowest BCUT2D eigenvalue weighted by molar-refractivity contribution is -0.122. The van der Waals surface area contributed by atoms with Crippen LogP contribution in [-0.4, -0.2) is 36.6 Å². The maximum Gasteiger partial charge on any atom is 0.265 e. The van der Waals surface area contributed by atoms with Gasteiger partial charge in [-0.1, -0.05) is 6.07 Å². The Labute approximate surface area is 172 Å². The van der Waals surface area contributed by atoms with E-state index in [0.29, 0.717) is 23.7 Å². The topological polar surface area (TPSA) is 87.7 Å². The molecule has 29 heavy (non-hydrogen) atoms. The number of ether oxygens (including phenoxy) is 1. The highest BCUT2D eigenvalue weighted by Gasteiger charge is 2.35. The van der Waals surface area contributed by atoms with Crippen molar-refractivity contribution in [2.75, 3.05) is 28.3 Å². The molecule has 2 aromatic rings. The summed E-state index contributed by atoms with van der Waals surface area (Å²) in [6.45, 7) is 2.01. The average molecular weight is 411 g/mol. The fourth-order valence-corrected chi connectivity index (χ4v) is 3.90. The van der Waals surface area contributed by atoms with E-state index in [2.05, 4.69) is 10.6 Å². The Bertz CT molecular complexity index is 994. The van der Waals surface area contributed by atoms with Crippen molar-refractivity contribution in [3.05, 3.63) is 42.5 Å². The summed E-state index contributed by atoms with van der Waals surface area (Å²) in [5.74, 6) is -0.402. The number of benzene rings is 2. The first kappa shape index (κ1) is 19.3. The molecule has 0 saturated carbocycles. The van der Waals surface area contributed by atoms with Crippen molar-refractivity contribution in [3.63, 3.8) is 0 Å². The molecule has 0 aromatic heterocycles. The van der Waals surface area contributed by atoms with Crippen LogP contribution in [0, 0.1) is 5.92 Å². The minimum Gasteiger partial charge on any atom is -0.479 e. The van der Waals surface area contributed by atoms with Gasteiger partial charge in [0.1, 0.15) is 5.75 Å². The first-order valence-corrected chi connectivity index (χ1v) is 10.5. The summed E-state index contributed by atoms with van der Waals surface area (Å²) in [7, 11) is 0. The molecule has 1 fully saturated rings. The van der Waals surface area contributed by atoms with Gasteiger partial charge in [0.25, 0.3) is 5.91 Å². The minimum atomic E-state index is -0.553. The number of nitrogens with one attached hydrogen (secondary N) is 2. The Morgan fingerprint density at radius 3 is 2.86 bits per heavy atom. The Hall–Kier alpha value is -3.00. The molecule has 2 aliphatic heterocycles. The highest BCUT2D eigenvalue weighted by Crippen LogP contribution is 2.33. The molecule has 7 nitrogen and oxygen atoms in total. The fraction of sp³-hybridized carbons (Fsp3) is 0.286. The first-order chi connectivity index (χ1) is 13.9. The predicted octanol–water partition coefficient (Wildman–Crippen LogP) is 3.12. The molecule has 1 saturated heterocycles. The van der Waals surface area contributed by atoms with E-state index in [1.165, 1.54) is 0 Å². The predicted molar refractivity (Wildman–Crippen MR) is 112 cm³/mol. The molecular weight excluding hydrogens is 390 g/mol. The third-order valence-electron chi connectivity index (χ3n) is 5.04. The molecule has 2 atom stereocenters. The molecule has 0 radical (unpaired) electrons. The lowest BCUT2D eigenvalue weighted by Gasteiger charge is -2.24. The van der Waals surface area contributed by atoms with E-state index in [-0.39, 0.29) is 24.1 Å². The Balaban J connectivity index is 1.45. The fourth-order valence-electron chi connectivity index (χ4n) is 3.44. The van der Waals surface area contributed by atoms with Crippen molar-refractivity contribution in [1.29, 1.82) is 0 Å². The van der Waals surface area contributed by atoms with Crippen LogP contribution in [0.15, 0.2) is 47.4 Å². The van der Waals surface area contributed by atoms with Gasteiger partial charge in [-0.05, 0) is 49.6 Å². The number of fused-ring (bicyclic) bond motifs is 1. The number of thioether (sulfide) groups is 1. The molecule has 0 bridgehead atoms. The second-order valence-corrected chi connectivity index (χ2v) is 7.94. The molecule has 2 aromatic carbocycles. The van der Waals surface area contributed by atoms with Gasteiger partial charge in [-0.3, -0.25) is 14.4 Å². The van der Waals surface area contributed by atoms with Gasteiger partial charge in [0.05, 0.1) is 11.6 Å². The number of anilines is 3. The lowest BCUT2D eigenvalue weighted by atomic mass is 10.1. The molecule has 2 aliphatic rings. The third-order valence-corrected chi connectivity index (χ3v) is 5.76. The van der Waals surface area contributed by atoms with Gasteiger partial charge in [-0.2, -0.15) is 0 Å². The van der Waals surface area contributed by atoms with Crippen LogP contribution in [0.4, 0.5) is 17.1 Å². The molecule has 0 spiro atoms. The smallest absolute Gasteiger partial charge is 0.265 e. The maximum absolute atomic E-state index is 12.7. The van der Waals surface area contributed by atoms with Gasteiger partial charge in [0, 0.05) is 29.2 Å². The molecule has 150 valence electrons. The molecule has 0 unspecified atom stereocenters. The summed E-state index contributed by atoms with van der Waals surface area (Å²) in [5, 5.41) is 5.61. The molecule has 8 heteroatoms. The Morgan fingerprint density at radius 1 is 1.24 bits per heavy atom. The summed E-state index contributed by atoms with van der Waals surface area (Å²) >= 11 is 1.61. The monoisotopic (exact) mass is 411 g/mol. The SMILES string of the molecule is CSc1cccc(N2C[C@H](C(=O)Nc3ccc4c(c3)NC(=O)[C@@H](C)O4)CC2=O)c1. The van der Waals surface area contributed by atoms with E-state index >= 15 is 0 Å². The van der Waals surface area contributed by atoms with Gasteiger partial charge in [-0.15, -0.1) is 11.8 Å². The number of carbonyl (C=O) groups is 3. The summed E-state index contributed by atoms with van der Waals surface area (Å²) in [5.41, 5.74) is 1.87. The van der Waals surface area contributed by atoms with Crippen LogP contribution < -0.4 is 20.3 Å². The Kier molecular flexibility index (Phi) is 5.19. The summed E-state index contributed by atoms with van der Waals surface area (Å²) in [6.07, 6.45) is 1.59. The van der Waals surface area contributed by atoms with Crippen molar-refractivity contribution in [1.82, 2.24) is 0 Å². The zero-order valence-electron chi connectivity index (χ0n) is 16.1. The number of amides is 3. The van der Waals surface area contributed by atoms with Gasteiger partial charge in [0.2, 0.25) is 11.8 Å². The molecule has 3 amide bonds. The number of nitrogens with zero attached hydrogens (tertiary/aromatic N) is 1. The molecule has 2 heterocycles. The molecular formula is C21H21N3O4S. The van der Waals surface area contributed by atoms with E-state index in [0.717, 1.165) is 10.6 Å². The number of hydrogen-bond acceptors (Lipinski definition) is 5. The van der Waals surface area contributed by atoms with Crippen molar-refractivity contribution < 1.29 is 19.1 Å². The maximum atomic E-state index is 12.7. The van der Waals surface area contributed by atoms with E-state index in [9.17, 15) is 14.4 Å². The third kappa shape index (κ3) is 3.93. The van der Waals surface area contributed by atoms with E-state index < -0.39 is 12.0 Å². The number of carbonyl (C=O) groups excluding carboxylic acids is 3. The van der Waals surface area contributed by atoms with Crippen LogP contribution in [0.1, 0.15) is 13.3 Å². The largest absolute Gasteiger partial charge is 0.479 e. The Morgan fingerprint density at radius 2 is 2.07 bits per heavy atom. The van der Waals surface area contributed by atoms with Crippen LogP contribution in [0.2, 0.25) is 0 Å². The van der Waals surface area contributed by atoms with Crippen LogP contribution >= 0.6 is 11.8 Å². The van der Waals surface area contributed by atoms with Crippen LogP contribution in [0.3, 0.4) is 0 Å². The lowest BCUT2D eigenvalue weighted by Crippen LogP contribution is -2.34. The second kappa shape index (κ2) is 7.79. The molecule has 0 aliphatic carbocycles. The van der Waals surface area contributed by atoms with Gasteiger partial charge < -0.3 is 20.3 Å². The normalized spacial score (nSPS) is 20.7. The quantitative estimate of drug-likeness (QED) is 0.755. The van der Waals surface area contributed by atoms with Crippen molar-refractivity contribution in [3.8, 4) is 5.75 Å². The van der Waals surface area contributed by atoms with Gasteiger partial charge >= 0.3 is 0 Å². The zero-order chi connectivity index (χ0) is 20.5. The van der Waals surface area contributed by atoms with Gasteiger partial charge in [0.15, 0.2) is 6.10 Å². The average Bonchev–Trinajstić information content (AvgIpc) is 3.11. The zero-order valence-corrected chi connectivity index (χ0v) is 16.9. The van der Waals surface area contributed by atoms with E-state index in [1.807, 2.05) is 30.5 Å². The van der Waals surface area contributed by atoms with Crippen LogP contribution in [0.5, 0.6) is 5.75 Å². The number of rotatable bonds is 4. The summed E-state index contributed by atoms with van der Waals surface area (Å²) < 4.78 is 5.52. The van der Waals surface area contributed by atoms with Crippen molar-refractivity contribution >= 4 is 46.5 Å². The van der Waals surface area contributed by atoms with Gasteiger partial charge in [-0.25, -0.2) is 0 Å². The van der Waals surface area contributed by atoms with Crippen molar-refractivity contribution in [2.45, 2.75) is 24.3 Å². The standard InChI is InChI=1S/C21H21N3O4S/c1-12-20(26)23-17-9-14(6-7-18(17)28-12)22-21(27)13-8-19(25)24(11-13)15-4-3-5-16(10-15)29-2/h3-7,9-10,12-13H,8,11H2,1-2H3,(H,22,27)(H,23,26)/t12-,13-/m1/s1. The first-order valence-electron chi connectivity index (χ1n) is 9.31. The highest BCUT2D eigenvalue weighted by molar-refractivity contribution is 7.98. The highest BCUT2D eigenvalue weighted by atomic mass is 32.2. The molecule has 4 rings (SSSR count). The van der Waals surface area contributed by atoms with Crippen LogP contribution in [-0.2, 0) is 14.4 Å². The van der Waals surface area contributed by atoms with Crippen molar-refractivity contribution in [2.24, 2.45) is 5.92 Å². The summed E-state index contributed by atoms with van der Waals surface area (Å²) in [4.78, 5) is 39.7. The van der Waals surface area contributed by atoms with E-state index in [1.54, 1.807) is 41.8 Å². The number of hydrogen-bond donors (Lipinski definition) is 2. The minimum absolute atomic E-state index is 0.0662. The summed E-state index contributed by atoms with van der Waals surface area (Å²) in [6, 6.07) is 12.8. The molecule has 2 N–H and O–H groups in total. The van der Waals surface area contributed by atoms with E-state index in [4.69, 9.17) is 4.74 Å². The second-order valence-electron chi connectivity index (χ2n) is 7.06. The van der Waals surface area contributed by atoms with Crippen LogP contribution in [0.25, 0.3) is 0 Å².